The van der Waals surface area contributed by atoms with Gasteiger partial charge < -0.3 is 16.4 Å². The van der Waals surface area contributed by atoms with Gasteiger partial charge in [0.15, 0.2) is 5.17 Å². The van der Waals surface area contributed by atoms with Crippen LogP contribution in [0.15, 0.2) is 72.0 Å². The third-order valence-corrected chi connectivity index (χ3v) is 5.87. The first-order chi connectivity index (χ1) is 14.6. The van der Waals surface area contributed by atoms with Crippen molar-refractivity contribution >= 4 is 34.2 Å². The number of amides is 1. The molecule has 4 N–H and O–H groups in total. The first-order valence-corrected chi connectivity index (χ1v) is 10.7. The molecule has 0 radical (unpaired) electrons. The number of nitrogens with two attached hydrogens (primary N) is 1. The second-order valence-corrected chi connectivity index (χ2v) is 8.07. The van der Waals surface area contributed by atoms with Crippen LogP contribution < -0.4 is 16.4 Å². The number of nitrogens with zero attached hydrogens (tertiary/aromatic N) is 2. The van der Waals surface area contributed by atoms with Gasteiger partial charge in [-0.25, -0.2) is 0 Å². The predicted octanol–water partition coefficient (Wildman–Crippen LogP) is 4.36. The molecule has 1 amide bonds. The first kappa shape index (κ1) is 20.1. The summed E-state index contributed by atoms with van der Waals surface area (Å²) in [6.07, 6.45) is 3.63. The standard InChI is InChI=1S/C23H23N5OS/c1-15-4-9-19(26-22(29)17-7-5-16(12-24)6-8-17)11-20(15)27-23-28-21(14-30-23)18-3-2-10-25-13-18/h2-11,13,21H,12,14,24H2,1H3,(H,26,29)(H,27,28). The van der Waals surface area contributed by atoms with Crippen LogP contribution in [0.2, 0.25) is 0 Å². The maximum Gasteiger partial charge on any atom is 0.255 e. The summed E-state index contributed by atoms with van der Waals surface area (Å²) >= 11 is 1.68. The quantitative estimate of drug-likeness (QED) is 0.574. The number of aryl methyl sites for hydroxylation is 1. The molecule has 0 saturated carbocycles. The van der Waals surface area contributed by atoms with E-state index in [0.29, 0.717) is 12.1 Å². The zero-order valence-corrected chi connectivity index (χ0v) is 17.4. The Balaban J connectivity index is 1.46. The van der Waals surface area contributed by atoms with Crippen molar-refractivity contribution in [2.45, 2.75) is 19.5 Å². The third kappa shape index (κ3) is 4.69. The molecule has 1 aliphatic heterocycles. The number of hydrogen-bond acceptors (Lipinski definition) is 6. The number of aromatic nitrogens is 1. The summed E-state index contributed by atoms with van der Waals surface area (Å²) in [6, 6.07) is 17.2. The average molecular weight is 418 g/mol. The topological polar surface area (TPSA) is 92.4 Å². The fourth-order valence-electron chi connectivity index (χ4n) is 3.13. The number of hydrogen-bond donors (Lipinski definition) is 3. The second-order valence-electron chi connectivity index (χ2n) is 7.06. The number of carbonyl (C=O) groups is 1. The van der Waals surface area contributed by atoms with Gasteiger partial charge in [0, 0.05) is 41.6 Å². The summed E-state index contributed by atoms with van der Waals surface area (Å²) in [7, 11) is 0. The summed E-state index contributed by atoms with van der Waals surface area (Å²) in [4.78, 5) is 21.5. The van der Waals surface area contributed by atoms with Crippen molar-refractivity contribution in [3.05, 3.63) is 89.2 Å². The molecule has 2 heterocycles. The Hall–Kier alpha value is -3.16. The molecule has 2 aromatic carbocycles. The minimum atomic E-state index is -0.155. The molecule has 0 saturated heterocycles. The monoisotopic (exact) mass is 417 g/mol. The number of pyridine rings is 1. The van der Waals surface area contributed by atoms with Gasteiger partial charge in [-0.1, -0.05) is 36.0 Å². The summed E-state index contributed by atoms with van der Waals surface area (Å²) in [5.74, 6) is 0.722. The molecule has 1 aliphatic rings. The lowest BCUT2D eigenvalue weighted by atomic mass is 10.1. The van der Waals surface area contributed by atoms with E-state index < -0.39 is 0 Å². The molecule has 0 bridgehead atoms. The van der Waals surface area contributed by atoms with Crippen LogP contribution in [0.1, 0.15) is 33.1 Å². The van der Waals surface area contributed by atoms with Gasteiger partial charge in [0.25, 0.3) is 5.91 Å². The fraction of sp³-hybridized carbons (Fsp3) is 0.174. The first-order valence-electron chi connectivity index (χ1n) is 9.71. The highest BCUT2D eigenvalue weighted by molar-refractivity contribution is 8.14. The molecule has 1 unspecified atom stereocenters. The second kappa shape index (κ2) is 9.11. The van der Waals surface area contributed by atoms with Crippen LogP contribution in [-0.2, 0) is 6.54 Å². The van der Waals surface area contributed by atoms with Gasteiger partial charge in [0.05, 0.1) is 6.04 Å². The highest BCUT2D eigenvalue weighted by Gasteiger charge is 2.20. The zero-order chi connectivity index (χ0) is 20.9. The molecule has 6 nitrogen and oxygen atoms in total. The lowest BCUT2D eigenvalue weighted by Crippen LogP contribution is -2.13. The Morgan fingerprint density at radius 2 is 2.03 bits per heavy atom. The number of anilines is 2. The summed E-state index contributed by atoms with van der Waals surface area (Å²) in [6.45, 7) is 2.48. The Bertz CT molecular complexity index is 1070. The smallest absolute Gasteiger partial charge is 0.255 e. The van der Waals surface area contributed by atoms with Crippen LogP contribution >= 0.6 is 11.8 Å². The van der Waals surface area contributed by atoms with Crippen molar-refractivity contribution < 1.29 is 4.79 Å². The molecule has 0 spiro atoms. The van der Waals surface area contributed by atoms with Gasteiger partial charge in [0.2, 0.25) is 0 Å². The Kier molecular flexibility index (Phi) is 6.11. The normalized spacial score (nSPS) is 15.5. The van der Waals surface area contributed by atoms with Crippen molar-refractivity contribution in [1.82, 2.24) is 4.98 Å². The van der Waals surface area contributed by atoms with Crippen molar-refractivity contribution in [2.24, 2.45) is 10.7 Å². The van der Waals surface area contributed by atoms with Crippen molar-refractivity contribution in [1.29, 1.82) is 0 Å². The number of benzene rings is 2. The van der Waals surface area contributed by atoms with E-state index in [9.17, 15) is 4.79 Å². The molecular formula is C23H23N5OS. The van der Waals surface area contributed by atoms with Crippen LogP contribution in [0, 0.1) is 6.92 Å². The van der Waals surface area contributed by atoms with E-state index in [4.69, 9.17) is 10.7 Å². The van der Waals surface area contributed by atoms with Gasteiger partial charge in [-0.05, 0) is 53.9 Å². The van der Waals surface area contributed by atoms with Crippen molar-refractivity contribution in [3.63, 3.8) is 0 Å². The van der Waals surface area contributed by atoms with Crippen LogP contribution in [0.3, 0.4) is 0 Å². The zero-order valence-electron chi connectivity index (χ0n) is 16.6. The van der Waals surface area contributed by atoms with Crippen LogP contribution in [0.5, 0.6) is 0 Å². The van der Waals surface area contributed by atoms with Gasteiger partial charge in [-0.15, -0.1) is 0 Å². The highest BCUT2D eigenvalue weighted by Crippen LogP contribution is 2.31. The van der Waals surface area contributed by atoms with Gasteiger partial charge in [0.1, 0.15) is 0 Å². The van der Waals surface area contributed by atoms with E-state index in [1.165, 1.54) is 0 Å². The van der Waals surface area contributed by atoms with Gasteiger partial charge >= 0.3 is 0 Å². The maximum absolute atomic E-state index is 12.6. The van der Waals surface area contributed by atoms with Crippen LogP contribution in [-0.4, -0.2) is 21.8 Å². The molecule has 7 heteroatoms. The van der Waals surface area contributed by atoms with Crippen LogP contribution in [0.4, 0.5) is 11.4 Å². The minimum absolute atomic E-state index is 0.103. The SMILES string of the molecule is Cc1ccc(NC(=O)c2ccc(CN)cc2)cc1NC1=NC(c2cccnc2)CS1. The molecule has 152 valence electrons. The Labute approximate surface area is 180 Å². The van der Waals surface area contributed by atoms with Crippen LogP contribution in [0.25, 0.3) is 0 Å². The molecule has 1 aromatic heterocycles. The van der Waals surface area contributed by atoms with E-state index in [0.717, 1.165) is 39.0 Å². The molecule has 3 aromatic rings. The highest BCUT2D eigenvalue weighted by atomic mass is 32.2. The summed E-state index contributed by atoms with van der Waals surface area (Å²) < 4.78 is 0. The van der Waals surface area contributed by atoms with E-state index in [2.05, 4.69) is 15.6 Å². The number of aliphatic imine (C=N–C) groups is 1. The maximum atomic E-state index is 12.6. The summed E-state index contributed by atoms with van der Waals surface area (Å²) in [5, 5.41) is 7.23. The number of amidine groups is 1. The molecule has 30 heavy (non-hydrogen) atoms. The number of carbonyl (C=O) groups excluding carboxylic acids is 1. The predicted molar refractivity (Wildman–Crippen MR) is 124 cm³/mol. The number of nitrogens with one attached hydrogen (secondary N) is 2. The number of thioether (sulfide) groups is 1. The average Bonchev–Trinajstić information content (AvgIpc) is 3.25. The molecule has 1 atom stereocenters. The van der Waals surface area contributed by atoms with Crippen molar-refractivity contribution in [3.8, 4) is 0 Å². The summed E-state index contributed by atoms with van der Waals surface area (Å²) in [5.41, 5.74) is 11.0. The molecular weight excluding hydrogens is 394 g/mol. The number of rotatable bonds is 5. The fourth-order valence-corrected chi connectivity index (χ4v) is 4.10. The molecule has 0 aliphatic carbocycles. The van der Waals surface area contributed by atoms with E-state index in [1.807, 2.05) is 55.6 Å². The van der Waals surface area contributed by atoms with E-state index >= 15 is 0 Å². The van der Waals surface area contributed by atoms with E-state index in [-0.39, 0.29) is 11.9 Å². The largest absolute Gasteiger partial charge is 0.335 e. The lowest BCUT2D eigenvalue weighted by Gasteiger charge is -2.12. The van der Waals surface area contributed by atoms with Crippen molar-refractivity contribution in [2.75, 3.05) is 16.4 Å². The van der Waals surface area contributed by atoms with Gasteiger partial charge in [-0.3, -0.25) is 14.8 Å². The lowest BCUT2D eigenvalue weighted by molar-refractivity contribution is 0.102. The third-order valence-electron chi connectivity index (χ3n) is 4.91. The minimum Gasteiger partial charge on any atom is -0.335 e. The molecule has 0 fully saturated rings. The van der Waals surface area contributed by atoms with Gasteiger partial charge in [-0.2, -0.15) is 0 Å². The Morgan fingerprint density at radius 1 is 1.20 bits per heavy atom. The van der Waals surface area contributed by atoms with E-state index in [1.54, 1.807) is 30.1 Å². The molecule has 4 rings (SSSR count). The Morgan fingerprint density at radius 3 is 2.77 bits per heavy atom.